The summed E-state index contributed by atoms with van der Waals surface area (Å²) in [7, 11) is 1.81. The number of hydrogen-bond donors (Lipinski definition) is 1. The van der Waals surface area contributed by atoms with Crippen molar-refractivity contribution in [2.24, 2.45) is 16.7 Å². The van der Waals surface area contributed by atoms with E-state index in [2.05, 4.69) is 26.0 Å². The van der Waals surface area contributed by atoms with E-state index in [0.717, 1.165) is 5.92 Å². The Bertz CT molecular complexity index is 253. The molecular formula is C10H17BNO. The van der Waals surface area contributed by atoms with Gasteiger partial charge in [0.2, 0.25) is 0 Å². The fourth-order valence-electron chi connectivity index (χ4n) is 3.94. The van der Waals surface area contributed by atoms with Crippen molar-refractivity contribution in [3.05, 3.63) is 0 Å². The minimum atomic E-state index is 0.391. The summed E-state index contributed by atoms with van der Waals surface area (Å²) in [6, 6.07) is 0.591. The zero-order valence-corrected chi connectivity index (χ0v) is 8.63. The van der Waals surface area contributed by atoms with Crippen LogP contribution >= 0.6 is 0 Å². The highest BCUT2D eigenvalue weighted by molar-refractivity contribution is 6.25. The highest BCUT2D eigenvalue weighted by Gasteiger charge is 2.67. The van der Waals surface area contributed by atoms with Crippen LogP contribution in [0.3, 0.4) is 0 Å². The Hall–Kier alpha value is -0.0151. The van der Waals surface area contributed by atoms with Crippen molar-refractivity contribution in [2.75, 3.05) is 0 Å². The molecule has 2 aliphatic carbocycles. The van der Waals surface area contributed by atoms with Gasteiger partial charge in [-0.1, -0.05) is 20.8 Å². The minimum Gasteiger partial charge on any atom is -0.419 e. The van der Waals surface area contributed by atoms with Gasteiger partial charge < -0.3 is 9.88 Å². The third-order valence-electron chi connectivity index (χ3n) is 5.24. The zero-order valence-electron chi connectivity index (χ0n) is 8.63. The molecule has 1 aliphatic heterocycles. The van der Waals surface area contributed by atoms with Crippen molar-refractivity contribution >= 4 is 7.62 Å². The van der Waals surface area contributed by atoms with E-state index in [9.17, 15) is 0 Å². The van der Waals surface area contributed by atoms with Gasteiger partial charge in [-0.25, -0.2) is 0 Å². The van der Waals surface area contributed by atoms with Crippen LogP contribution in [-0.2, 0) is 4.65 Å². The maximum atomic E-state index is 5.71. The average Bonchev–Trinajstić information content (AvgIpc) is 2.63. The molecule has 13 heavy (non-hydrogen) atoms. The van der Waals surface area contributed by atoms with Gasteiger partial charge in [-0.05, 0) is 29.6 Å². The Kier molecular flexibility index (Phi) is 1.37. The first-order valence-corrected chi connectivity index (χ1v) is 5.30. The van der Waals surface area contributed by atoms with Crippen LogP contribution in [0.15, 0.2) is 0 Å². The van der Waals surface area contributed by atoms with Gasteiger partial charge in [0, 0.05) is 6.04 Å². The molecule has 3 heteroatoms. The summed E-state index contributed by atoms with van der Waals surface area (Å²) in [5.41, 5.74) is 0.839. The third kappa shape index (κ3) is 0.711. The Morgan fingerprint density at radius 2 is 2.15 bits per heavy atom. The Morgan fingerprint density at radius 1 is 1.38 bits per heavy atom. The minimum absolute atomic E-state index is 0.391. The quantitative estimate of drug-likeness (QED) is 0.565. The van der Waals surface area contributed by atoms with Crippen LogP contribution in [-0.4, -0.2) is 19.8 Å². The van der Waals surface area contributed by atoms with Crippen LogP contribution in [0.25, 0.3) is 0 Å². The molecule has 4 atom stereocenters. The van der Waals surface area contributed by atoms with Crippen LogP contribution in [0.1, 0.15) is 33.6 Å². The molecule has 1 radical (unpaired) electrons. The van der Waals surface area contributed by atoms with Crippen molar-refractivity contribution in [1.29, 1.82) is 0 Å². The Balaban J connectivity index is 2.07. The molecule has 1 heterocycles. The number of rotatable bonds is 0. The largest absolute Gasteiger partial charge is 0.419 e. The van der Waals surface area contributed by atoms with Crippen molar-refractivity contribution in [2.45, 2.75) is 45.8 Å². The molecule has 0 aromatic rings. The molecular weight excluding hydrogens is 161 g/mol. The van der Waals surface area contributed by atoms with Crippen LogP contribution in [0.4, 0.5) is 0 Å². The Morgan fingerprint density at radius 3 is 2.85 bits per heavy atom. The van der Waals surface area contributed by atoms with Gasteiger partial charge in [-0.2, -0.15) is 0 Å². The van der Waals surface area contributed by atoms with E-state index in [1.165, 1.54) is 12.8 Å². The second kappa shape index (κ2) is 2.14. The van der Waals surface area contributed by atoms with E-state index < -0.39 is 0 Å². The maximum absolute atomic E-state index is 5.71. The van der Waals surface area contributed by atoms with Gasteiger partial charge in [0.05, 0.1) is 6.10 Å². The van der Waals surface area contributed by atoms with Gasteiger partial charge in [0.25, 0.3) is 0 Å². The lowest BCUT2D eigenvalue weighted by Gasteiger charge is -2.38. The molecule has 3 aliphatic rings. The lowest BCUT2D eigenvalue weighted by atomic mass is 9.70. The fourth-order valence-corrected chi connectivity index (χ4v) is 3.94. The fraction of sp³-hybridized carbons (Fsp3) is 1.00. The van der Waals surface area contributed by atoms with Gasteiger partial charge in [-0.3, -0.25) is 0 Å². The Labute approximate surface area is 80.7 Å². The smallest absolute Gasteiger partial charge is 0.396 e. The highest BCUT2D eigenvalue weighted by Crippen LogP contribution is 2.66. The number of hydrogen-bond acceptors (Lipinski definition) is 2. The molecule has 0 amide bonds. The van der Waals surface area contributed by atoms with Crippen molar-refractivity contribution < 1.29 is 4.65 Å². The van der Waals surface area contributed by atoms with Crippen LogP contribution < -0.4 is 5.23 Å². The third-order valence-corrected chi connectivity index (χ3v) is 5.24. The monoisotopic (exact) mass is 178 g/mol. The van der Waals surface area contributed by atoms with Crippen LogP contribution in [0.2, 0.25) is 0 Å². The molecule has 0 aromatic carbocycles. The van der Waals surface area contributed by atoms with Crippen LogP contribution in [0, 0.1) is 16.7 Å². The molecule has 71 valence electrons. The molecule has 1 saturated heterocycles. The summed E-state index contributed by atoms with van der Waals surface area (Å²) in [6.45, 7) is 7.22. The molecule has 3 rings (SSSR count). The molecule has 2 saturated carbocycles. The number of fused-ring (bicyclic) bond motifs is 5. The van der Waals surface area contributed by atoms with E-state index in [1.807, 2.05) is 0 Å². The molecule has 2 nitrogen and oxygen atoms in total. The summed E-state index contributed by atoms with van der Waals surface area (Å²) in [5, 5.41) is 3.38. The maximum Gasteiger partial charge on any atom is 0.396 e. The zero-order chi connectivity index (χ0) is 9.27. The first kappa shape index (κ1) is 8.31. The lowest BCUT2D eigenvalue weighted by Crippen LogP contribution is -2.40. The lowest BCUT2D eigenvalue weighted by molar-refractivity contribution is 0.0388. The van der Waals surface area contributed by atoms with E-state index in [4.69, 9.17) is 4.65 Å². The van der Waals surface area contributed by atoms with E-state index in [1.54, 1.807) is 7.62 Å². The van der Waals surface area contributed by atoms with Crippen molar-refractivity contribution in [3.8, 4) is 0 Å². The van der Waals surface area contributed by atoms with Crippen molar-refractivity contribution in [3.63, 3.8) is 0 Å². The first-order chi connectivity index (χ1) is 6.07. The normalized spacial score (nSPS) is 56.4. The first-order valence-electron chi connectivity index (χ1n) is 5.30. The molecule has 1 N–H and O–H groups in total. The molecule has 0 spiro atoms. The van der Waals surface area contributed by atoms with Gasteiger partial charge in [0.15, 0.2) is 0 Å². The second-order valence-corrected chi connectivity index (χ2v) is 5.65. The highest BCUT2D eigenvalue weighted by atomic mass is 16.5. The SMILES string of the molecule is CC1(C)[C@@H]2CC[C@@]1(C)[C@H]1O[B]N[C@@H]21. The van der Waals surface area contributed by atoms with E-state index in [-0.39, 0.29) is 0 Å². The van der Waals surface area contributed by atoms with Crippen LogP contribution in [0.5, 0.6) is 0 Å². The van der Waals surface area contributed by atoms with Crippen molar-refractivity contribution in [1.82, 2.24) is 5.23 Å². The molecule has 0 unspecified atom stereocenters. The standard InChI is InChI=1S/C10H17BNO/c1-9(2)6-4-5-10(9,3)8-7(6)12-11-13-8/h6-8,12H,4-5H2,1-3H3/t6-,7+,8+,10+/m1/s1. The molecule has 0 aromatic heterocycles. The van der Waals surface area contributed by atoms with Gasteiger partial charge >= 0.3 is 7.62 Å². The summed E-state index contributed by atoms with van der Waals surface area (Å²) in [4.78, 5) is 0. The average molecular weight is 178 g/mol. The topological polar surface area (TPSA) is 21.3 Å². The summed E-state index contributed by atoms with van der Waals surface area (Å²) < 4.78 is 5.71. The van der Waals surface area contributed by atoms with Gasteiger partial charge in [-0.15, -0.1) is 0 Å². The predicted molar refractivity (Wildman–Crippen MR) is 52.2 cm³/mol. The number of nitrogens with one attached hydrogen (secondary N) is 1. The predicted octanol–water partition coefficient (Wildman–Crippen LogP) is 1.33. The summed E-state index contributed by atoms with van der Waals surface area (Å²) in [6.07, 6.45) is 3.14. The summed E-state index contributed by atoms with van der Waals surface area (Å²) >= 11 is 0. The second-order valence-electron chi connectivity index (χ2n) is 5.65. The van der Waals surface area contributed by atoms with E-state index >= 15 is 0 Å². The van der Waals surface area contributed by atoms with E-state index in [0.29, 0.717) is 23.0 Å². The molecule has 2 bridgehead atoms. The van der Waals surface area contributed by atoms with Gasteiger partial charge in [0.1, 0.15) is 0 Å². The molecule has 3 fully saturated rings. The summed E-state index contributed by atoms with van der Waals surface area (Å²) in [5.74, 6) is 0.807.